The average molecular weight is 482 g/mol. The maximum atomic E-state index is 13.1. The maximum Gasteiger partial charge on any atom is 0.279 e. The molecule has 30 heavy (non-hydrogen) atoms. The van der Waals surface area contributed by atoms with Crippen LogP contribution in [0.4, 0.5) is 5.69 Å². The summed E-state index contributed by atoms with van der Waals surface area (Å²) in [6.45, 7) is 1.78. The molecular weight excluding hydrogens is 462 g/mol. The third-order valence-electron chi connectivity index (χ3n) is 4.20. The van der Waals surface area contributed by atoms with Crippen LogP contribution in [0.1, 0.15) is 16.7 Å². The van der Waals surface area contributed by atoms with Gasteiger partial charge in [0, 0.05) is 15.7 Å². The number of hydrogen-bond donors (Lipinski definition) is 1. The van der Waals surface area contributed by atoms with Crippen molar-refractivity contribution in [3.63, 3.8) is 0 Å². The van der Waals surface area contributed by atoms with E-state index in [2.05, 4.69) is 32.9 Å². The van der Waals surface area contributed by atoms with Gasteiger partial charge in [-0.05, 0) is 48.9 Å². The van der Waals surface area contributed by atoms with Crippen LogP contribution in [0.25, 0.3) is 0 Å². The van der Waals surface area contributed by atoms with E-state index in [1.54, 1.807) is 36.4 Å². The minimum absolute atomic E-state index is 0.114. The Bertz CT molecular complexity index is 1210. The Labute approximate surface area is 185 Å². The van der Waals surface area contributed by atoms with Gasteiger partial charge >= 0.3 is 0 Å². The van der Waals surface area contributed by atoms with Gasteiger partial charge in [0.2, 0.25) is 0 Å². The van der Waals surface area contributed by atoms with E-state index >= 15 is 0 Å². The van der Waals surface area contributed by atoms with Gasteiger partial charge in [-0.25, -0.2) is 0 Å². The van der Waals surface area contributed by atoms with Crippen LogP contribution < -0.4 is 5.73 Å². The number of anilines is 1. The smallest absolute Gasteiger partial charge is 0.279 e. The number of aryl methyl sites for hydroxylation is 1. The van der Waals surface area contributed by atoms with E-state index in [-0.39, 0.29) is 11.4 Å². The van der Waals surface area contributed by atoms with Crippen molar-refractivity contribution >= 4 is 37.9 Å². The highest BCUT2D eigenvalue weighted by Gasteiger charge is 2.22. The molecule has 0 aliphatic rings. The highest BCUT2D eigenvalue weighted by molar-refractivity contribution is 9.10. The van der Waals surface area contributed by atoms with Crippen molar-refractivity contribution in [2.45, 2.75) is 11.8 Å². The first-order chi connectivity index (χ1) is 14.4. The van der Waals surface area contributed by atoms with Gasteiger partial charge in [-0.2, -0.15) is 17.9 Å². The van der Waals surface area contributed by atoms with Crippen LogP contribution in [0.15, 0.2) is 87.3 Å². The Morgan fingerprint density at radius 3 is 2.37 bits per heavy atom. The Balaban J connectivity index is 1.92. The number of para-hydroxylation sites is 1. The third-order valence-corrected chi connectivity index (χ3v) is 6.37. The molecule has 152 valence electrons. The Morgan fingerprint density at radius 2 is 1.70 bits per heavy atom. The van der Waals surface area contributed by atoms with Crippen LogP contribution >= 0.6 is 15.9 Å². The number of halogens is 1. The van der Waals surface area contributed by atoms with E-state index < -0.39 is 10.0 Å². The van der Waals surface area contributed by atoms with E-state index in [1.807, 2.05) is 43.3 Å². The van der Waals surface area contributed by atoms with Gasteiger partial charge in [-0.1, -0.05) is 69.7 Å². The molecule has 0 bridgehead atoms. The van der Waals surface area contributed by atoms with Gasteiger partial charge in [0.1, 0.15) is 6.54 Å². The summed E-state index contributed by atoms with van der Waals surface area (Å²) in [4.78, 5) is 0.155. The molecule has 7 heteroatoms. The molecule has 5 nitrogen and oxygen atoms in total. The van der Waals surface area contributed by atoms with Crippen LogP contribution in [0.3, 0.4) is 0 Å². The lowest BCUT2D eigenvalue weighted by atomic mass is 10.2. The molecule has 0 aromatic heterocycles. The summed E-state index contributed by atoms with van der Waals surface area (Å²) in [5.41, 5.74) is 8.82. The molecule has 0 unspecified atom stereocenters. The van der Waals surface area contributed by atoms with Crippen LogP contribution in [0.5, 0.6) is 0 Å². The van der Waals surface area contributed by atoms with Gasteiger partial charge in [0.25, 0.3) is 10.0 Å². The van der Waals surface area contributed by atoms with Crippen molar-refractivity contribution in [2.75, 3.05) is 12.3 Å². The minimum Gasteiger partial charge on any atom is -0.398 e. The molecule has 0 atom stereocenters. The SMILES string of the molecule is Cc1ccc(S(=O)(=O)N(CC#Cc2ccccc2N)/N=C/c2ccc(Br)cc2)cc1. The predicted octanol–water partition coefficient (Wildman–Crippen LogP) is 4.42. The quantitative estimate of drug-likeness (QED) is 0.253. The highest BCUT2D eigenvalue weighted by atomic mass is 79.9. The van der Waals surface area contributed by atoms with Crippen molar-refractivity contribution in [2.24, 2.45) is 5.10 Å². The summed E-state index contributed by atoms with van der Waals surface area (Å²) < 4.78 is 28.2. The molecule has 0 aliphatic carbocycles. The number of hydrogen-bond acceptors (Lipinski definition) is 4. The first-order valence-electron chi connectivity index (χ1n) is 9.08. The lowest BCUT2D eigenvalue weighted by Crippen LogP contribution is -2.27. The van der Waals surface area contributed by atoms with E-state index in [0.717, 1.165) is 20.0 Å². The van der Waals surface area contributed by atoms with Gasteiger partial charge in [-0.3, -0.25) is 0 Å². The summed E-state index contributed by atoms with van der Waals surface area (Å²) >= 11 is 3.38. The van der Waals surface area contributed by atoms with E-state index in [9.17, 15) is 8.42 Å². The molecule has 3 aromatic carbocycles. The second kappa shape index (κ2) is 9.61. The second-order valence-electron chi connectivity index (χ2n) is 6.48. The summed E-state index contributed by atoms with van der Waals surface area (Å²) in [6, 6.07) is 21.2. The molecule has 0 heterocycles. The van der Waals surface area contributed by atoms with Crippen LogP contribution in [0.2, 0.25) is 0 Å². The van der Waals surface area contributed by atoms with Crippen molar-refractivity contribution in [3.05, 3.63) is 94.0 Å². The van der Waals surface area contributed by atoms with E-state index in [1.165, 1.54) is 6.21 Å². The Kier molecular flexibility index (Phi) is 6.93. The van der Waals surface area contributed by atoms with Gasteiger partial charge in [0.05, 0.1) is 11.1 Å². The minimum atomic E-state index is -3.87. The molecule has 0 radical (unpaired) electrons. The zero-order valence-corrected chi connectivity index (χ0v) is 18.7. The number of nitrogen functional groups attached to an aromatic ring is 1. The predicted molar refractivity (Wildman–Crippen MR) is 125 cm³/mol. The number of nitrogens with two attached hydrogens (primary N) is 1. The van der Waals surface area contributed by atoms with Crippen LogP contribution in [-0.2, 0) is 10.0 Å². The number of rotatable bonds is 5. The van der Waals surface area contributed by atoms with Crippen molar-refractivity contribution in [1.82, 2.24) is 4.41 Å². The van der Waals surface area contributed by atoms with E-state index in [4.69, 9.17) is 5.73 Å². The van der Waals surface area contributed by atoms with Crippen LogP contribution in [0, 0.1) is 18.8 Å². The number of sulfonamides is 1. The molecule has 0 amide bonds. The summed E-state index contributed by atoms with van der Waals surface area (Å²) in [6.07, 6.45) is 1.50. The number of hydrazone groups is 1. The first-order valence-corrected chi connectivity index (χ1v) is 11.3. The lowest BCUT2D eigenvalue weighted by Gasteiger charge is -2.16. The molecule has 3 aromatic rings. The van der Waals surface area contributed by atoms with Gasteiger partial charge in [-0.15, -0.1) is 0 Å². The molecule has 0 fully saturated rings. The number of benzene rings is 3. The fourth-order valence-electron chi connectivity index (χ4n) is 2.51. The summed E-state index contributed by atoms with van der Waals surface area (Å²) in [7, 11) is -3.87. The Hall–Kier alpha value is -3.08. The fourth-order valence-corrected chi connectivity index (χ4v) is 3.91. The standard InChI is InChI=1S/C23H20BrN3O2S/c1-18-8-14-22(15-9-18)30(28,29)27(26-17-19-10-12-21(24)13-11-19)16-4-6-20-5-2-3-7-23(20)25/h2-3,5,7-15,17H,16,25H2,1H3/b26-17+. The molecule has 2 N–H and O–H groups in total. The molecular formula is C23H20BrN3O2S. The first kappa shape index (κ1) is 21.6. The maximum absolute atomic E-state index is 13.1. The molecule has 0 saturated heterocycles. The zero-order valence-electron chi connectivity index (χ0n) is 16.3. The van der Waals surface area contributed by atoms with Crippen molar-refractivity contribution < 1.29 is 8.42 Å². The molecule has 3 rings (SSSR count). The lowest BCUT2D eigenvalue weighted by molar-refractivity contribution is 0.468. The normalized spacial score (nSPS) is 11.1. The monoisotopic (exact) mass is 481 g/mol. The highest BCUT2D eigenvalue weighted by Crippen LogP contribution is 2.17. The fraction of sp³-hybridized carbons (Fsp3) is 0.0870. The summed E-state index contributed by atoms with van der Waals surface area (Å²) in [5.74, 6) is 5.79. The van der Waals surface area contributed by atoms with Crippen molar-refractivity contribution in [1.29, 1.82) is 0 Å². The summed E-state index contributed by atoms with van der Waals surface area (Å²) in [5, 5.41) is 4.22. The van der Waals surface area contributed by atoms with Crippen molar-refractivity contribution in [3.8, 4) is 11.8 Å². The molecule has 0 saturated carbocycles. The topological polar surface area (TPSA) is 75.8 Å². The van der Waals surface area contributed by atoms with Gasteiger partial charge in [0.15, 0.2) is 0 Å². The zero-order chi connectivity index (χ0) is 21.6. The molecule has 0 spiro atoms. The Morgan fingerprint density at radius 1 is 1.03 bits per heavy atom. The van der Waals surface area contributed by atoms with E-state index in [0.29, 0.717) is 11.3 Å². The van der Waals surface area contributed by atoms with Crippen LogP contribution in [-0.4, -0.2) is 25.6 Å². The third kappa shape index (κ3) is 5.50. The van der Waals surface area contributed by atoms with Gasteiger partial charge < -0.3 is 5.73 Å². The number of nitrogens with zero attached hydrogens (tertiary/aromatic N) is 2. The largest absolute Gasteiger partial charge is 0.398 e. The molecule has 0 aliphatic heterocycles. The average Bonchev–Trinajstić information content (AvgIpc) is 2.73. The second-order valence-corrected chi connectivity index (χ2v) is 9.24.